The number of rotatable bonds is 3. The second kappa shape index (κ2) is 6.99. The lowest BCUT2D eigenvalue weighted by atomic mass is 9.82. The van der Waals surface area contributed by atoms with Crippen molar-refractivity contribution in [3.8, 4) is 0 Å². The molecule has 6 heteroatoms. The number of nitrogens with two attached hydrogens (primary N) is 1. The molecule has 23 heavy (non-hydrogen) atoms. The van der Waals surface area contributed by atoms with Gasteiger partial charge in [-0.2, -0.15) is 0 Å². The van der Waals surface area contributed by atoms with Gasteiger partial charge in [-0.15, -0.1) is 12.4 Å². The van der Waals surface area contributed by atoms with Crippen LogP contribution in [0.5, 0.6) is 0 Å². The van der Waals surface area contributed by atoms with Crippen LogP contribution in [0.1, 0.15) is 29.9 Å². The van der Waals surface area contributed by atoms with E-state index in [1.54, 1.807) is 24.3 Å². The van der Waals surface area contributed by atoms with Crippen LogP contribution in [0, 0.1) is 5.82 Å². The molecule has 0 fully saturated rings. The predicted octanol–water partition coefficient (Wildman–Crippen LogP) is 3.46. The largest absolute Gasteiger partial charge is 0.330 e. The summed E-state index contributed by atoms with van der Waals surface area (Å²) in [6, 6.07) is 11.1. The van der Waals surface area contributed by atoms with E-state index in [-0.39, 0.29) is 28.1 Å². The van der Waals surface area contributed by atoms with Gasteiger partial charge in [-0.05, 0) is 61.1 Å². The number of sulfone groups is 1. The first-order valence-electron chi connectivity index (χ1n) is 7.37. The van der Waals surface area contributed by atoms with Crippen LogP contribution in [-0.4, -0.2) is 15.0 Å². The molecule has 0 aliphatic heterocycles. The van der Waals surface area contributed by atoms with Gasteiger partial charge in [-0.25, -0.2) is 12.8 Å². The summed E-state index contributed by atoms with van der Waals surface area (Å²) in [6.45, 7) is 0.456. The molecule has 1 aliphatic carbocycles. The van der Waals surface area contributed by atoms with Crippen molar-refractivity contribution in [3.05, 3.63) is 59.4 Å². The second-order valence-electron chi connectivity index (χ2n) is 5.59. The Kier molecular flexibility index (Phi) is 5.45. The lowest BCUT2D eigenvalue weighted by Crippen LogP contribution is -2.20. The third kappa shape index (κ3) is 3.13. The van der Waals surface area contributed by atoms with Gasteiger partial charge < -0.3 is 5.73 Å². The molecule has 1 atom stereocenters. The topological polar surface area (TPSA) is 60.2 Å². The highest BCUT2D eigenvalue weighted by Crippen LogP contribution is 2.36. The fourth-order valence-corrected chi connectivity index (χ4v) is 4.49. The number of hydrogen-bond donors (Lipinski definition) is 1. The minimum absolute atomic E-state index is 0. The molecule has 0 saturated carbocycles. The van der Waals surface area contributed by atoms with Crippen molar-refractivity contribution in [2.24, 2.45) is 5.73 Å². The highest BCUT2D eigenvalue weighted by Gasteiger charge is 2.28. The van der Waals surface area contributed by atoms with Crippen LogP contribution in [0.2, 0.25) is 0 Å². The van der Waals surface area contributed by atoms with Crippen molar-refractivity contribution in [2.75, 3.05) is 6.54 Å². The average molecular weight is 356 g/mol. The van der Waals surface area contributed by atoms with Crippen LogP contribution in [0.4, 0.5) is 4.39 Å². The van der Waals surface area contributed by atoms with Gasteiger partial charge in [0.25, 0.3) is 0 Å². The van der Waals surface area contributed by atoms with Crippen molar-refractivity contribution in [1.29, 1.82) is 0 Å². The van der Waals surface area contributed by atoms with Crippen LogP contribution < -0.4 is 5.73 Å². The molecule has 3 rings (SSSR count). The zero-order valence-corrected chi connectivity index (χ0v) is 14.2. The maximum atomic E-state index is 14.8. The normalized spacial score (nSPS) is 17.2. The Morgan fingerprint density at radius 2 is 1.83 bits per heavy atom. The van der Waals surface area contributed by atoms with Crippen LogP contribution >= 0.6 is 12.4 Å². The van der Waals surface area contributed by atoms with Crippen molar-refractivity contribution in [3.63, 3.8) is 0 Å². The zero-order chi connectivity index (χ0) is 15.7. The molecule has 0 saturated heterocycles. The SMILES string of the molecule is Cl.NCC1CCCc2c1ccc(S(=O)(=O)c1ccccc1)c2F. The van der Waals surface area contributed by atoms with Gasteiger partial charge >= 0.3 is 0 Å². The number of halogens is 2. The van der Waals surface area contributed by atoms with Gasteiger partial charge in [-0.1, -0.05) is 24.3 Å². The van der Waals surface area contributed by atoms with Gasteiger partial charge in [0.05, 0.1) is 4.90 Å². The van der Waals surface area contributed by atoms with Crippen LogP contribution in [0.3, 0.4) is 0 Å². The summed E-state index contributed by atoms with van der Waals surface area (Å²) in [6.07, 6.45) is 2.32. The number of fused-ring (bicyclic) bond motifs is 1. The zero-order valence-electron chi connectivity index (χ0n) is 12.5. The molecule has 1 unspecified atom stereocenters. The molecular formula is C17H19ClFNO2S. The third-order valence-corrected chi connectivity index (χ3v) is 6.08. The molecule has 2 aromatic carbocycles. The fraction of sp³-hybridized carbons (Fsp3) is 0.294. The first-order chi connectivity index (χ1) is 10.6. The van der Waals surface area contributed by atoms with E-state index in [1.165, 1.54) is 18.2 Å². The van der Waals surface area contributed by atoms with E-state index in [0.717, 1.165) is 18.4 Å². The van der Waals surface area contributed by atoms with Gasteiger partial charge in [0.15, 0.2) is 0 Å². The molecule has 3 nitrogen and oxygen atoms in total. The molecule has 0 radical (unpaired) electrons. The van der Waals surface area contributed by atoms with Gasteiger partial charge in [0, 0.05) is 0 Å². The summed E-state index contributed by atoms with van der Waals surface area (Å²) in [5.41, 5.74) is 7.11. The summed E-state index contributed by atoms with van der Waals surface area (Å²) >= 11 is 0. The van der Waals surface area contributed by atoms with Crippen molar-refractivity contribution in [2.45, 2.75) is 35.0 Å². The minimum atomic E-state index is -3.83. The molecule has 2 N–H and O–H groups in total. The Morgan fingerprint density at radius 3 is 2.48 bits per heavy atom. The van der Waals surface area contributed by atoms with E-state index in [4.69, 9.17) is 5.73 Å². The van der Waals surface area contributed by atoms with E-state index in [0.29, 0.717) is 18.5 Å². The first kappa shape index (κ1) is 17.9. The van der Waals surface area contributed by atoms with Crippen molar-refractivity contribution >= 4 is 22.2 Å². The lowest BCUT2D eigenvalue weighted by Gasteiger charge is -2.25. The Labute approximate surface area is 142 Å². The van der Waals surface area contributed by atoms with Gasteiger partial charge in [0.2, 0.25) is 9.84 Å². The van der Waals surface area contributed by atoms with E-state index in [1.807, 2.05) is 0 Å². The summed E-state index contributed by atoms with van der Waals surface area (Å²) < 4.78 is 40.1. The quantitative estimate of drug-likeness (QED) is 0.917. The average Bonchev–Trinajstić information content (AvgIpc) is 2.55. The standard InChI is InChI=1S/C17H18FNO2S.ClH/c18-17-15-8-4-5-12(11-19)14(15)9-10-16(17)22(20,21)13-6-2-1-3-7-13;/h1-3,6-7,9-10,12H,4-5,8,11,19H2;1H. The Balaban J connectivity index is 0.00000192. The smallest absolute Gasteiger partial charge is 0.209 e. The molecule has 124 valence electrons. The summed E-state index contributed by atoms with van der Waals surface area (Å²) in [4.78, 5) is -0.129. The lowest BCUT2D eigenvalue weighted by molar-refractivity contribution is 0.510. The third-order valence-electron chi connectivity index (χ3n) is 4.29. The van der Waals surface area contributed by atoms with E-state index >= 15 is 0 Å². The van der Waals surface area contributed by atoms with E-state index < -0.39 is 15.7 Å². The van der Waals surface area contributed by atoms with E-state index in [2.05, 4.69) is 0 Å². The first-order valence-corrected chi connectivity index (χ1v) is 8.85. The molecule has 1 aliphatic rings. The second-order valence-corrected chi connectivity index (χ2v) is 7.50. The Hall–Kier alpha value is -1.43. The Morgan fingerprint density at radius 1 is 1.13 bits per heavy atom. The number of hydrogen-bond acceptors (Lipinski definition) is 3. The van der Waals surface area contributed by atoms with Crippen LogP contribution in [0.15, 0.2) is 52.3 Å². The summed E-state index contributed by atoms with van der Waals surface area (Å²) in [5, 5.41) is 0. The highest BCUT2D eigenvalue weighted by atomic mass is 35.5. The van der Waals surface area contributed by atoms with E-state index in [9.17, 15) is 12.8 Å². The predicted molar refractivity (Wildman–Crippen MR) is 90.3 cm³/mol. The summed E-state index contributed by atoms with van der Waals surface area (Å²) in [7, 11) is -3.83. The molecule has 0 spiro atoms. The minimum Gasteiger partial charge on any atom is -0.330 e. The molecule has 0 bridgehead atoms. The van der Waals surface area contributed by atoms with Crippen LogP contribution in [-0.2, 0) is 16.3 Å². The monoisotopic (exact) mass is 355 g/mol. The molecule has 0 aromatic heterocycles. The maximum Gasteiger partial charge on any atom is 0.209 e. The fourth-order valence-electron chi connectivity index (χ4n) is 3.11. The Bertz CT molecular complexity index is 794. The van der Waals surface area contributed by atoms with Gasteiger partial charge in [-0.3, -0.25) is 0 Å². The van der Waals surface area contributed by atoms with Crippen molar-refractivity contribution in [1.82, 2.24) is 0 Å². The molecule has 0 heterocycles. The molecular weight excluding hydrogens is 337 g/mol. The highest BCUT2D eigenvalue weighted by molar-refractivity contribution is 7.91. The molecule has 2 aromatic rings. The summed E-state index contributed by atoms with van der Waals surface area (Å²) in [5.74, 6) is -0.494. The van der Waals surface area contributed by atoms with Crippen molar-refractivity contribution < 1.29 is 12.8 Å². The molecule has 0 amide bonds. The van der Waals surface area contributed by atoms with Gasteiger partial charge in [0.1, 0.15) is 10.7 Å². The van der Waals surface area contributed by atoms with Crippen LogP contribution in [0.25, 0.3) is 0 Å². The number of benzene rings is 2. The maximum absolute atomic E-state index is 14.8.